The van der Waals surface area contributed by atoms with Crippen LogP contribution in [0.25, 0.3) is 0 Å². The molecule has 2 unspecified atom stereocenters. The molecule has 1 heterocycles. The Morgan fingerprint density at radius 1 is 1.00 bits per heavy atom. The molecule has 0 aliphatic carbocycles. The Hall–Kier alpha value is -1.84. The molecule has 2 aromatic rings. The van der Waals surface area contributed by atoms with Crippen molar-refractivity contribution >= 4 is 5.69 Å². The quantitative estimate of drug-likeness (QED) is 0.798. The monoisotopic (exact) mass is 241 g/mol. The molecule has 0 bridgehead atoms. The number of para-hydroxylation sites is 1. The SMILES string of the molecule is CN1c2ccccc2C(O)(c2ccccc2)C1O. The standard InChI is InChI=1S/C15H15NO2/c1-16-13-10-6-5-9-12(13)15(18,14(16)17)11-7-3-2-4-8-11/h2-10,14,17-18H,1H3. The second kappa shape index (κ2) is 3.83. The van der Waals surface area contributed by atoms with Crippen molar-refractivity contribution in [3.8, 4) is 0 Å². The summed E-state index contributed by atoms with van der Waals surface area (Å²) >= 11 is 0. The van der Waals surface area contributed by atoms with Crippen molar-refractivity contribution in [1.29, 1.82) is 0 Å². The molecule has 1 aliphatic rings. The molecule has 0 amide bonds. The Labute approximate surface area is 106 Å². The molecule has 18 heavy (non-hydrogen) atoms. The fourth-order valence-electron chi connectivity index (χ4n) is 2.65. The Bertz CT molecular complexity index is 570. The van der Waals surface area contributed by atoms with Gasteiger partial charge in [-0.15, -0.1) is 0 Å². The highest BCUT2D eigenvalue weighted by Crippen LogP contribution is 2.45. The van der Waals surface area contributed by atoms with E-state index in [1.165, 1.54) is 0 Å². The topological polar surface area (TPSA) is 43.7 Å². The molecular weight excluding hydrogens is 226 g/mol. The van der Waals surface area contributed by atoms with Gasteiger partial charge in [0.15, 0.2) is 11.8 Å². The van der Waals surface area contributed by atoms with E-state index in [4.69, 9.17) is 0 Å². The molecule has 0 aromatic heterocycles. The molecule has 0 radical (unpaired) electrons. The third kappa shape index (κ3) is 1.32. The summed E-state index contributed by atoms with van der Waals surface area (Å²) in [5.41, 5.74) is 0.934. The first-order valence-corrected chi connectivity index (χ1v) is 5.94. The maximum absolute atomic E-state index is 11.0. The van der Waals surface area contributed by atoms with Crippen LogP contribution in [-0.4, -0.2) is 23.5 Å². The van der Waals surface area contributed by atoms with Gasteiger partial charge in [-0.2, -0.15) is 0 Å². The molecule has 3 rings (SSSR count). The Morgan fingerprint density at radius 3 is 2.33 bits per heavy atom. The molecule has 2 atom stereocenters. The zero-order chi connectivity index (χ0) is 12.8. The maximum Gasteiger partial charge on any atom is 0.164 e. The summed E-state index contributed by atoms with van der Waals surface area (Å²) in [7, 11) is 1.78. The number of aliphatic hydroxyl groups is 2. The van der Waals surface area contributed by atoms with Crippen LogP contribution >= 0.6 is 0 Å². The highest BCUT2D eigenvalue weighted by Gasteiger charge is 2.49. The van der Waals surface area contributed by atoms with E-state index in [1.807, 2.05) is 54.6 Å². The van der Waals surface area contributed by atoms with Gasteiger partial charge in [0.25, 0.3) is 0 Å². The number of hydrogen-bond donors (Lipinski definition) is 2. The lowest BCUT2D eigenvalue weighted by Gasteiger charge is -2.30. The Balaban J connectivity index is 2.24. The second-order valence-corrected chi connectivity index (χ2v) is 4.63. The zero-order valence-electron chi connectivity index (χ0n) is 10.1. The summed E-state index contributed by atoms with van der Waals surface area (Å²) in [6.07, 6.45) is -0.975. The average Bonchev–Trinajstić information content (AvgIpc) is 2.64. The third-order valence-electron chi connectivity index (χ3n) is 3.65. The number of fused-ring (bicyclic) bond motifs is 1. The minimum Gasteiger partial charge on any atom is -0.376 e. The van der Waals surface area contributed by atoms with Crippen LogP contribution in [0.4, 0.5) is 5.69 Å². The van der Waals surface area contributed by atoms with Gasteiger partial charge in [-0.05, 0) is 11.6 Å². The summed E-state index contributed by atoms with van der Waals surface area (Å²) in [6.45, 7) is 0. The van der Waals surface area contributed by atoms with Gasteiger partial charge in [-0.3, -0.25) is 0 Å². The van der Waals surface area contributed by atoms with Gasteiger partial charge in [0.05, 0.1) is 0 Å². The normalized spacial score (nSPS) is 26.2. The predicted octanol–water partition coefficient (Wildman–Crippen LogP) is 1.69. The van der Waals surface area contributed by atoms with Crippen molar-refractivity contribution in [3.63, 3.8) is 0 Å². The largest absolute Gasteiger partial charge is 0.376 e. The molecular formula is C15H15NO2. The van der Waals surface area contributed by atoms with E-state index in [9.17, 15) is 10.2 Å². The highest BCUT2D eigenvalue weighted by atomic mass is 16.4. The third-order valence-corrected chi connectivity index (χ3v) is 3.65. The fourth-order valence-corrected chi connectivity index (χ4v) is 2.65. The van der Waals surface area contributed by atoms with Crippen molar-refractivity contribution in [2.75, 3.05) is 11.9 Å². The first-order valence-electron chi connectivity index (χ1n) is 5.94. The fraction of sp³-hybridized carbons (Fsp3) is 0.200. The summed E-state index contributed by atoms with van der Waals surface area (Å²) in [6, 6.07) is 16.8. The Morgan fingerprint density at radius 2 is 1.61 bits per heavy atom. The van der Waals surface area contributed by atoms with Crippen LogP contribution in [0.2, 0.25) is 0 Å². The maximum atomic E-state index is 11.0. The van der Waals surface area contributed by atoms with Gasteiger partial charge >= 0.3 is 0 Å². The van der Waals surface area contributed by atoms with E-state index in [-0.39, 0.29) is 0 Å². The summed E-state index contributed by atoms with van der Waals surface area (Å²) in [5, 5.41) is 21.3. The molecule has 3 nitrogen and oxygen atoms in total. The zero-order valence-corrected chi connectivity index (χ0v) is 10.1. The predicted molar refractivity (Wildman–Crippen MR) is 70.3 cm³/mol. The molecule has 1 aliphatic heterocycles. The van der Waals surface area contributed by atoms with E-state index in [0.717, 1.165) is 11.3 Å². The van der Waals surface area contributed by atoms with Crippen LogP contribution in [0.15, 0.2) is 54.6 Å². The lowest BCUT2D eigenvalue weighted by Crippen LogP contribution is -2.43. The second-order valence-electron chi connectivity index (χ2n) is 4.63. The van der Waals surface area contributed by atoms with Gasteiger partial charge in [0, 0.05) is 18.3 Å². The van der Waals surface area contributed by atoms with Crippen molar-refractivity contribution in [3.05, 3.63) is 65.7 Å². The van der Waals surface area contributed by atoms with E-state index >= 15 is 0 Å². The number of aliphatic hydroxyl groups excluding tert-OH is 1. The van der Waals surface area contributed by atoms with Crippen LogP contribution < -0.4 is 4.90 Å². The number of nitrogens with zero attached hydrogens (tertiary/aromatic N) is 1. The van der Waals surface area contributed by atoms with Gasteiger partial charge in [0.2, 0.25) is 0 Å². The van der Waals surface area contributed by atoms with Crippen LogP contribution in [0.5, 0.6) is 0 Å². The highest BCUT2D eigenvalue weighted by molar-refractivity contribution is 5.65. The number of anilines is 1. The molecule has 0 spiro atoms. The van der Waals surface area contributed by atoms with Gasteiger partial charge in [-0.25, -0.2) is 0 Å². The molecule has 92 valence electrons. The average molecular weight is 241 g/mol. The van der Waals surface area contributed by atoms with E-state index < -0.39 is 11.8 Å². The van der Waals surface area contributed by atoms with Crippen LogP contribution in [0, 0.1) is 0 Å². The van der Waals surface area contributed by atoms with Crippen LogP contribution in [-0.2, 0) is 5.60 Å². The lowest BCUT2D eigenvalue weighted by molar-refractivity contribution is -0.0362. The molecule has 0 fully saturated rings. The van der Waals surface area contributed by atoms with Gasteiger partial charge in [0.1, 0.15) is 0 Å². The van der Waals surface area contributed by atoms with Crippen molar-refractivity contribution in [2.45, 2.75) is 11.8 Å². The van der Waals surface area contributed by atoms with Crippen molar-refractivity contribution in [2.24, 2.45) is 0 Å². The number of likely N-dealkylation sites (N-methyl/N-ethyl adjacent to an activating group) is 1. The molecule has 3 heteroatoms. The van der Waals surface area contributed by atoms with Crippen molar-refractivity contribution in [1.82, 2.24) is 0 Å². The number of rotatable bonds is 1. The smallest absolute Gasteiger partial charge is 0.164 e. The summed E-state index contributed by atoms with van der Waals surface area (Å²) < 4.78 is 0. The Kier molecular flexibility index (Phi) is 2.40. The van der Waals surface area contributed by atoms with E-state index in [1.54, 1.807) is 11.9 Å². The van der Waals surface area contributed by atoms with E-state index in [2.05, 4.69) is 0 Å². The van der Waals surface area contributed by atoms with E-state index in [0.29, 0.717) is 5.56 Å². The first-order chi connectivity index (χ1) is 8.65. The molecule has 0 saturated carbocycles. The molecule has 2 aromatic carbocycles. The van der Waals surface area contributed by atoms with Gasteiger partial charge < -0.3 is 15.1 Å². The minimum atomic E-state index is -1.37. The van der Waals surface area contributed by atoms with Crippen LogP contribution in [0.1, 0.15) is 11.1 Å². The van der Waals surface area contributed by atoms with Crippen LogP contribution in [0.3, 0.4) is 0 Å². The summed E-state index contributed by atoms with van der Waals surface area (Å²) in [4.78, 5) is 1.70. The number of hydrogen-bond acceptors (Lipinski definition) is 3. The van der Waals surface area contributed by atoms with Gasteiger partial charge in [-0.1, -0.05) is 48.5 Å². The van der Waals surface area contributed by atoms with Crippen molar-refractivity contribution < 1.29 is 10.2 Å². The first kappa shape index (κ1) is 11.3. The summed E-state index contributed by atoms with van der Waals surface area (Å²) in [5.74, 6) is 0. The lowest BCUT2D eigenvalue weighted by atomic mass is 9.87. The minimum absolute atomic E-state index is 0.703. The molecule has 2 N–H and O–H groups in total. The number of benzene rings is 2. The molecule has 0 saturated heterocycles.